The number of hydrogen-bond donors (Lipinski definition) is 0. The minimum absolute atomic E-state index is 0.0982. The average molecular weight is 289 g/mol. The van der Waals surface area contributed by atoms with E-state index in [0.717, 1.165) is 32.4 Å². The summed E-state index contributed by atoms with van der Waals surface area (Å²) in [7, 11) is 3.59. The fraction of sp³-hybridized carbons (Fsp3) is 0.625. The zero-order chi connectivity index (χ0) is 14.8. The molecule has 3 rings (SSSR count). The van der Waals surface area contributed by atoms with E-state index in [1.165, 1.54) is 5.56 Å². The Morgan fingerprint density at radius 1 is 1.33 bits per heavy atom. The van der Waals surface area contributed by atoms with Crippen molar-refractivity contribution >= 4 is 5.91 Å². The highest BCUT2D eigenvalue weighted by Crippen LogP contribution is 2.32. The van der Waals surface area contributed by atoms with Crippen LogP contribution in [0.4, 0.5) is 0 Å². The second-order valence-corrected chi connectivity index (χ2v) is 6.16. The number of pyridine rings is 1. The van der Waals surface area contributed by atoms with Gasteiger partial charge in [-0.2, -0.15) is 0 Å². The van der Waals surface area contributed by atoms with Gasteiger partial charge in [-0.3, -0.25) is 14.7 Å². The first kappa shape index (κ1) is 14.5. The van der Waals surface area contributed by atoms with Crippen LogP contribution in [0.5, 0.6) is 0 Å². The maximum atomic E-state index is 12.0. The van der Waals surface area contributed by atoms with Gasteiger partial charge in [0, 0.05) is 45.6 Å². The monoisotopic (exact) mass is 289 g/mol. The first-order chi connectivity index (χ1) is 10.1. The number of fused-ring (bicyclic) bond motifs is 1. The summed E-state index contributed by atoms with van der Waals surface area (Å²) in [5, 5.41) is 0. The molecule has 1 amide bonds. The van der Waals surface area contributed by atoms with Crippen molar-refractivity contribution in [3.8, 4) is 0 Å². The summed E-state index contributed by atoms with van der Waals surface area (Å²) < 4.78 is 6.06. The van der Waals surface area contributed by atoms with Crippen LogP contribution in [-0.2, 0) is 16.1 Å². The molecular weight excluding hydrogens is 266 g/mol. The van der Waals surface area contributed by atoms with Gasteiger partial charge >= 0.3 is 0 Å². The van der Waals surface area contributed by atoms with E-state index >= 15 is 0 Å². The number of likely N-dealkylation sites (tertiary alicyclic amines) is 1. The molecule has 5 heteroatoms. The minimum atomic E-state index is -0.248. The highest BCUT2D eigenvalue weighted by molar-refractivity contribution is 5.80. The van der Waals surface area contributed by atoms with Crippen molar-refractivity contribution in [2.45, 2.75) is 44.1 Å². The normalized spacial score (nSPS) is 29.1. The Morgan fingerprint density at radius 2 is 2.10 bits per heavy atom. The first-order valence-corrected chi connectivity index (χ1v) is 7.64. The molecule has 0 N–H and O–H groups in total. The molecule has 114 valence electrons. The number of aromatic nitrogens is 1. The predicted octanol–water partition coefficient (Wildman–Crippen LogP) is 1.29. The Bertz CT molecular complexity index is 492. The lowest BCUT2D eigenvalue weighted by Crippen LogP contribution is -2.47. The zero-order valence-electron chi connectivity index (χ0n) is 12.7. The number of rotatable bonds is 3. The van der Waals surface area contributed by atoms with Crippen molar-refractivity contribution in [2.24, 2.45) is 0 Å². The molecule has 1 aromatic heterocycles. The summed E-state index contributed by atoms with van der Waals surface area (Å²) in [6.07, 6.45) is 6.52. The van der Waals surface area contributed by atoms with Gasteiger partial charge in [0.1, 0.15) is 6.10 Å². The van der Waals surface area contributed by atoms with Gasteiger partial charge in [-0.15, -0.1) is 0 Å². The Morgan fingerprint density at radius 3 is 2.81 bits per heavy atom. The van der Waals surface area contributed by atoms with Crippen molar-refractivity contribution in [1.29, 1.82) is 0 Å². The summed E-state index contributed by atoms with van der Waals surface area (Å²) in [6.45, 7) is 1.99. The fourth-order valence-electron chi connectivity index (χ4n) is 3.40. The molecule has 0 aliphatic carbocycles. The van der Waals surface area contributed by atoms with E-state index in [2.05, 4.69) is 22.0 Å². The van der Waals surface area contributed by atoms with Gasteiger partial charge in [0.25, 0.3) is 5.91 Å². The molecule has 3 atom stereocenters. The van der Waals surface area contributed by atoms with Crippen LogP contribution >= 0.6 is 0 Å². The summed E-state index contributed by atoms with van der Waals surface area (Å²) in [4.78, 5) is 20.2. The Kier molecular flexibility index (Phi) is 4.22. The predicted molar refractivity (Wildman–Crippen MR) is 79.6 cm³/mol. The van der Waals surface area contributed by atoms with Gasteiger partial charge in [-0.05, 0) is 37.0 Å². The lowest BCUT2D eigenvalue weighted by atomic mass is 9.98. The third-order valence-corrected chi connectivity index (χ3v) is 4.51. The van der Waals surface area contributed by atoms with Crippen molar-refractivity contribution in [1.82, 2.24) is 14.8 Å². The Balaban J connectivity index is 1.61. The van der Waals surface area contributed by atoms with Gasteiger partial charge in [0.2, 0.25) is 0 Å². The molecule has 0 bridgehead atoms. The molecule has 21 heavy (non-hydrogen) atoms. The van der Waals surface area contributed by atoms with Gasteiger partial charge in [-0.25, -0.2) is 0 Å². The third kappa shape index (κ3) is 3.09. The number of carbonyl (C=O) groups excluding carboxylic acids is 1. The van der Waals surface area contributed by atoms with Crippen LogP contribution in [-0.4, -0.2) is 59.6 Å². The van der Waals surface area contributed by atoms with Crippen molar-refractivity contribution in [3.05, 3.63) is 30.1 Å². The second kappa shape index (κ2) is 6.12. The van der Waals surface area contributed by atoms with E-state index < -0.39 is 0 Å². The summed E-state index contributed by atoms with van der Waals surface area (Å²) in [5.74, 6) is 0.0982. The van der Waals surface area contributed by atoms with Crippen molar-refractivity contribution in [3.63, 3.8) is 0 Å². The van der Waals surface area contributed by atoms with Crippen LogP contribution in [0.15, 0.2) is 24.5 Å². The lowest BCUT2D eigenvalue weighted by molar-refractivity contribution is -0.152. The molecule has 5 nitrogen and oxygen atoms in total. The number of likely N-dealkylation sites (N-methyl/N-ethyl adjacent to an activating group) is 1. The number of carbonyl (C=O) groups is 1. The molecule has 2 saturated heterocycles. The average Bonchev–Trinajstić information content (AvgIpc) is 2.90. The summed E-state index contributed by atoms with van der Waals surface area (Å²) >= 11 is 0. The molecule has 0 aromatic carbocycles. The number of ether oxygens (including phenoxy) is 1. The molecule has 2 fully saturated rings. The molecule has 3 heterocycles. The first-order valence-electron chi connectivity index (χ1n) is 7.64. The molecule has 0 saturated carbocycles. The number of hydrogen-bond acceptors (Lipinski definition) is 4. The maximum absolute atomic E-state index is 12.0. The molecule has 0 radical (unpaired) electrons. The molecule has 1 aromatic rings. The summed E-state index contributed by atoms with van der Waals surface area (Å²) in [5.41, 5.74) is 1.29. The zero-order valence-corrected chi connectivity index (χ0v) is 12.7. The topological polar surface area (TPSA) is 45.7 Å². The lowest BCUT2D eigenvalue weighted by Gasteiger charge is -2.36. The third-order valence-electron chi connectivity index (χ3n) is 4.51. The van der Waals surface area contributed by atoms with E-state index in [1.807, 2.05) is 12.4 Å². The van der Waals surface area contributed by atoms with Gasteiger partial charge in [-0.1, -0.05) is 0 Å². The van der Waals surface area contributed by atoms with Gasteiger partial charge < -0.3 is 9.64 Å². The van der Waals surface area contributed by atoms with Gasteiger partial charge in [0.15, 0.2) is 0 Å². The van der Waals surface area contributed by atoms with E-state index in [0.29, 0.717) is 6.04 Å². The minimum Gasteiger partial charge on any atom is -0.363 e. The Hall–Kier alpha value is -1.46. The van der Waals surface area contributed by atoms with E-state index in [9.17, 15) is 4.79 Å². The quantitative estimate of drug-likeness (QED) is 0.841. The molecule has 0 spiro atoms. The molecule has 2 aliphatic rings. The van der Waals surface area contributed by atoms with E-state index in [1.54, 1.807) is 19.0 Å². The van der Waals surface area contributed by atoms with Gasteiger partial charge in [0.05, 0.1) is 6.10 Å². The number of amides is 1. The number of nitrogens with zero attached hydrogens (tertiary/aromatic N) is 3. The smallest absolute Gasteiger partial charge is 0.251 e. The van der Waals surface area contributed by atoms with Crippen LogP contribution in [0.1, 0.15) is 24.8 Å². The van der Waals surface area contributed by atoms with Crippen LogP contribution in [0.3, 0.4) is 0 Å². The van der Waals surface area contributed by atoms with Crippen LogP contribution in [0, 0.1) is 0 Å². The van der Waals surface area contributed by atoms with Crippen LogP contribution < -0.4 is 0 Å². The highest BCUT2D eigenvalue weighted by Gasteiger charge is 2.41. The van der Waals surface area contributed by atoms with E-state index in [-0.39, 0.29) is 18.1 Å². The maximum Gasteiger partial charge on any atom is 0.251 e. The molecule has 0 unspecified atom stereocenters. The largest absolute Gasteiger partial charge is 0.363 e. The van der Waals surface area contributed by atoms with Crippen molar-refractivity contribution in [2.75, 3.05) is 20.6 Å². The van der Waals surface area contributed by atoms with Crippen molar-refractivity contribution < 1.29 is 9.53 Å². The SMILES string of the molecule is CN(C)C(=O)[C@@H]1CC[C@H]2[C@H](CCN2Cc2ccncc2)O1. The standard InChI is InChI=1S/C16H23N3O2/c1-18(2)16(20)15-4-3-13-14(21-15)7-10-19(13)11-12-5-8-17-9-6-12/h5-6,8-9,13-15H,3-4,7,10-11H2,1-2H3/t13-,14-,15-/m0/s1. The van der Waals surface area contributed by atoms with Crippen LogP contribution in [0.25, 0.3) is 0 Å². The van der Waals surface area contributed by atoms with Crippen LogP contribution in [0.2, 0.25) is 0 Å². The molecular formula is C16H23N3O2. The Labute approximate surface area is 125 Å². The second-order valence-electron chi connectivity index (χ2n) is 6.16. The van der Waals surface area contributed by atoms with E-state index in [4.69, 9.17) is 4.74 Å². The summed E-state index contributed by atoms with van der Waals surface area (Å²) in [6, 6.07) is 4.58. The fourth-order valence-corrected chi connectivity index (χ4v) is 3.40. The highest BCUT2D eigenvalue weighted by atomic mass is 16.5. The molecule has 2 aliphatic heterocycles.